The molecule has 1 fully saturated rings. The first-order valence-corrected chi connectivity index (χ1v) is 6.36. The van der Waals surface area contributed by atoms with Crippen LogP contribution in [0.3, 0.4) is 0 Å². The van der Waals surface area contributed by atoms with Gasteiger partial charge in [-0.3, -0.25) is 4.79 Å². The van der Waals surface area contributed by atoms with Crippen LogP contribution in [0.2, 0.25) is 5.02 Å². The van der Waals surface area contributed by atoms with Gasteiger partial charge in [-0.25, -0.2) is 0 Å². The minimum absolute atomic E-state index is 0.216. The smallest absolute Gasteiger partial charge is 0.253 e. The van der Waals surface area contributed by atoms with Crippen LogP contribution in [-0.4, -0.2) is 24.7 Å². The molecular formula is C13H17ClN2O2. The molecule has 1 heterocycles. The molecule has 1 atom stereocenters. The van der Waals surface area contributed by atoms with Crippen LogP contribution in [0.4, 0.5) is 5.69 Å². The molecule has 0 bridgehead atoms. The Morgan fingerprint density at radius 2 is 2.39 bits per heavy atom. The maximum atomic E-state index is 12.0. The van der Waals surface area contributed by atoms with Crippen LogP contribution in [0.5, 0.6) is 0 Å². The Labute approximate surface area is 111 Å². The van der Waals surface area contributed by atoms with Crippen molar-refractivity contribution in [3.05, 3.63) is 28.8 Å². The lowest BCUT2D eigenvalue weighted by Crippen LogP contribution is -2.40. The Bertz CT molecular complexity index is 456. The number of halogens is 1. The van der Waals surface area contributed by atoms with E-state index in [2.05, 4.69) is 5.32 Å². The average molecular weight is 269 g/mol. The number of rotatable bonds is 3. The van der Waals surface area contributed by atoms with Crippen molar-refractivity contribution in [2.24, 2.45) is 0 Å². The van der Waals surface area contributed by atoms with Gasteiger partial charge in [0.2, 0.25) is 0 Å². The van der Waals surface area contributed by atoms with Gasteiger partial charge in [-0.2, -0.15) is 0 Å². The number of carbonyl (C=O) groups is 1. The van der Waals surface area contributed by atoms with Crippen molar-refractivity contribution in [3.63, 3.8) is 0 Å². The monoisotopic (exact) mass is 268 g/mol. The normalized spacial score (nSPS) is 23.0. The standard InChI is InChI=1S/C13H17ClN2O2/c1-13(6-3-7-18-13)8-16-12(17)9-4-2-5-10(14)11(9)15/h2,4-5H,3,6-8,15H2,1H3,(H,16,17). The molecule has 2 rings (SSSR count). The van der Waals surface area contributed by atoms with E-state index in [4.69, 9.17) is 22.1 Å². The van der Waals surface area contributed by atoms with E-state index >= 15 is 0 Å². The molecule has 18 heavy (non-hydrogen) atoms. The fraction of sp³-hybridized carbons (Fsp3) is 0.462. The molecule has 1 amide bonds. The summed E-state index contributed by atoms with van der Waals surface area (Å²) in [4.78, 5) is 12.0. The van der Waals surface area contributed by atoms with Gasteiger partial charge < -0.3 is 15.8 Å². The van der Waals surface area contributed by atoms with E-state index in [1.54, 1.807) is 18.2 Å². The quantitative estimate of drug-likeness (QED) is 0.826. The molecule has 1 aliphatic rings. The minimum Gasteiger partial charge on any atom is -0.397 e. The van der Waals surface area contributed by atoms with E-state index in [-0.39, 0.29) is 11.5 Å². The van der Waals surface area contributed by atoms with Crippen LogP contribution < -0.4 is 11.1 Å². The van der Waals surface area contributed by atoms with E-state index < -0.39 is 0 Å². The third-order valence-corrected chi connectivity index (χ3v) is 3.55. The first-order chi connectivity index (χ1) is 8.52. The average Bonchev–Trinajstić information content (AvgIpc) is 2.77. The van der Waals surface area contributed by atoms with Crippen molar-refractivity contribution in [2.45, 2.75) is 25.4 Å². The lowest BCUT2D eigenvalue weighted by Gasteiger charge is -2.23. The SMILES string of the molecule is CC1(CNC(=O)c2cccc(Cl)c2N)CCCO1. The minimum atomic E-state index is -0.261. The summed E-state index contributed by atoms with van der Waals surface area (Å²) in [5, 5.41) is 3.24. The fourth-order valence-corrected chi connectivity index (χ4v) is 2.25. The van der Waals surface area contributed by atoms with Crippen LogP contribution in [0.25, 0.3) is 0 Å². The van der Waals surface area contributed by atoms with Crippen molar-refractivity contribution < 1.29 is 9.53 Å². The number of hydrogen-bond donors (Lipinski definition) is 2. The molecule has 0 spiro atoms. The highest BCUT2D eigenvalue weighted by Gasteiger charge is 2.30. The van der Waals surface area contributed by atoms with Crippen molar-refractivity contribution in [1.29, 1.82) is 0 Å². The maximum Gasteiger partial charge on any atom is 0.253 e. The maximum absolute atomic E-state index is 12.0. The van der Waals surface area contributed by atoms with Crippen LogP contribution in [0.1, 0.15) is 30.1 Å². The van der Waals surface area contributed by atoms with E-state index in [9.17, 15) is 4.79 Å². The molecule has 0 saturated carbocycles. The number of carbonyl (C=O) groups excluding carboxylic acids is 1. The van der Waals surface area contributed by atoms with E-state index in [0.717, 1.165) is 19.4 Å². The summed E-state index contributed by atoms with van der Waals surface area (Å²) < 4.78 is 5.61. The molecule has 1 saturated heterocycles. The number of anilines is 1. The van der Waals surface area contributed by atoms with Gasteiger partial charge in [-0.15, -0.1) is 0 Å². The molecule has 5 heteroatoms. The molecule has 0 aromatic heterocycles. The second-order valence-corrected chi connectivity index (χ2v) is 5.19. The van der Waals surface area contributed by atoms with Gasteiger partial charge in [0.15, 0.2) is 0 Å². The molecule has 3 N–H and O–H groups in total. The number of benzene rings is 1. The Kier molecular flexibility index (Phi) is 3.78. The highest BCUT2D eigenvalue weighted by Crippen LogP contribution is 2.25. The van der Waals surface area contributed by atoms with Gasteiger partial charge in [-0.1, -0.05) is 17.7 Å². The van der Waals surface area contributed by atoms with Gasteiger partial charge in [0.1, 0.15) is 0 Å². The Morgan fingerprint density at radius 1 is 1.61 bits per heavy atom. The molecule has 1 aliphatic heterocycles. The molecule has 1 aromatic carbocycles. The molecule has 1 unspecified atom stereocenters. The first-order valence-electron chi connectivity index (χ1n) is 5.98. The second-order valence-electron chi connectivity index (χ2n) is 4.79. The van der Waals surface area contributed by atoms with Crippen molar-refractivity contribution in [2.75, 3.05) is 18.9 Å². The Hall–Kier alpha value is -1.26. The predicted molar refractivity (Wildman–Crippen MR) is 71.8 cm³/mol. The zero-order chi connectivity index (χ0) is 13.2. The first kappa shape index (κ1) is 13.2. The summed E-state index contributed by atoms with van der Waals surface area (Å²) in [5.74, 6) is -0.216. The zero-order valence-corrected chi connectivity index (χ0v) is 11.1. The molecule has 0 radical (unpaired) electrons. The van der Waals surface area contributed by atoms with Crippen molar-refractivity contribution in [1.82, 2.24) is 5.32 Å². The van der Waals surface area contributed by atoms with Gasteiger partial charge >= 0.3 is 0 Å². The van der Waals surface area contributed by atoms with Gasteiger partial charge in [0.05, 0.1) is 21.9 Å². The predicted octanol–water partition coefficient (Wildman–Crippen LogP) is 2.22. The largest absolute Gasteiger partial charge is 0.397 e. The number of nitrogens with one attached hydrogen (secondary N) is 1. The second kappa shape index (κ2) is 5.16. The van der Waals surface area contributed by atoms with Gasteiger partial charge in [0.25, 0.3) is 5.91 Å². The van der Waals surface area contributed by atoms with Crippen molar-refractivity contribution >= 4 is 23.2 Å². The number of ether oxygens (including phenoxy) is 1. The van der Waals surface area contributed by atoms with Gasteiger partial charge in [0, 0.05) is 13.2 Å². The van der Waals surface area contributed by atoms with E-state index in [1.165, 1.54) is 0 Å². The Balaban J connectivity index is 2.01. The highest BCUT2D eigenvalue weighted by molar-refractivity contribution is 6.33. The van der Waals surface area contributed by atoms with Crippen LogP contribution in [0, 0.1) is 0 Å². The summed E-state index contributed by atoms with van der Waals surface area (Å²) in [5.41, 5.74) is 6.24. The summed E-state index contributed by atoms with van der Waals surface area (Å²) in [7, 11) is 0. The van der Waals surface area contributed by atoms with E-state index in [1.807, 2.05) is 6.92 Å². The molecule has 0 aliphatic carbocycles. The molecule has 98 valence electrons. The Morgan fingerprint density at radius 3 is 3.06 bits per heavy atom. The molecule has 4 nitrogen and oxygen atoms in total. The van der Waals surface area contributed by atoms with E-state index in [0.29, 0.717) is 22.8 Å². The number of nitrogen functional groups attached to an aromatic ring is 1. The summed E-state index contributed by atoms with van der Waals surface area (Å²) in [6.07, 6.45) is 1.99. The highest BCUT2D eigenvalue weighted by atomic mass is 35.5. The van der Waals surface area contributed by atoms with Crippen LogP contribution in [0.15, 0.2) is 18.2 Å². The third-order valence-electron chi connectivity index (χ3n) is 3.22. The molecular weight excluding hydrogens is 252 g/mol. The van der Waals surface area contributed by atoms with Crippen LogP contribution >= 0.6 is 11.6 Å². The summed E-state index contributed by atoms with van der Waals surface area (Å²) in [6.45, 7) is 3.24. The van der Waals surface area contributed by atoms with Gasteiger partial charge in [-0.05, 0) is 31.9 Å². The lowest BCUT2D eigenvalue weighted by atomic mass is 10.0. The number of amides is 1. The van der Waals surface area contributed by atoms with Crippen LogP contribution in [-0.2, 0) is 4.74 Å². The van der Waals surface area contributed by atoms with Crippen molar-refractivity contribution in [3.8, 4) is 0 Å². The number of hydrogen-bond acceptors (Lipinski definition) is 3. The lowest BCUT2D eigenvalue weighted by molar-refractivity contribution is 0.0206. The summed E-state index contributed by atoms with van der Waals surface area (Å²) in [6, 6.07) is 5.03. The summed E-state index contributed by atoms with van der Waals surface area (Å²) >= 11 is 5.88. The number of nitrogens with two attached hydrogens (primary N) is 1. The fourth-order valence-electron chi connectivity index (χ4n) is 2.07. The third kappa shape index (κ3) is 2.76. The topological polar surface area (TPSA) is 64.4 Å². The zero-order valence-electron chi connectivity index (χ0n) is 10.3. The molecule has 1 aromatic rings. The number of para-hydroxylation sites is 1.